The predicted octanol–water partition coefficient (Wildman–Crippen LogP) is 6.64. The number of guanidine groups is 1. The van der Waals surface area contributed by atoms with E-state index in [-0.39, 0.29) is 23.2 Å². The number of hydrogen-bond acceptors (Lipinski definition) is 6. The third-order valence-electron chi connectivity index (χ3n) is 7.24. The lowest BCUT2D eigenvalue weighted by Gasteiger charge is -2.43. The minimum absolute atomic E-state index is 0.0844. The fourth-order valence-corrected chi connectivity index (χ4v) is 5.49. The Morgan fingerprint density at radius 3 is 2.23 bits per heavy atom. The fourth-order valence-electron chi connectivity index (χ4n) is 4.87. The van der Waals surface area contributed by atoms with Crippen molar-refractivity contribution in [2.45, 2.75) is 71.4 Å². The van der Waals surface area contributed by atoms with E-state index in [1.165, 1.54) is 24.3 Å². The minimum atomic E-state index is -4.76. The van der Waals surface area contributed by atoms with Crippen molar-refractivity contribution in [2.75, 3.05) is 9.74 Å². The number of nitrogens with zero attached hydrogens (tertiary/aromatic N) is 3. The molecule has 0 aliphatic heterocycles. The molecule has 2 aromatic carbocycles. The van der Waals surface area contributed by atoms with Crippen LogP contribution in [0, 0.1) is 16.9 Å². The fraction of sp³-hybridized carbons (Fsp3) is 0.519. The molecule has 1 aliphatic rings. The van der Waals surface area contributed by atoms with Crippen LogP contribution in [0.4, 0.5) is 18.9 Å². The van der Waals surface area contributed by atoms with Crippen LogP contribution in [0.5, 0.6) is 5.75 Å². The van der Waals surface area contributed by atoms with Gasteiger partial charge in [-0.05, 0) is 72.4 Å². The van der Waals surface area contributed by atoms with Gasteiger partial charge in [0, 0.05) is 22.7 Å². The lowest BCUT2D eigenvalue weighted by molar-refractivity contribution is -0.274. The quantitative estimate of drug-likeness (QED) is 0.0538. The number of aliphatic hydroxyl groups is 1. The molecule has 8 nitrogen and oxygen atoms in total. The molecule has 214 valence electrons. The van der Waals surface area contributed by atoms with Gasteiger partial charge in [0.2, 0.25) is 5.96 Å². The topological polar surface area (TPSA) is 119 Å². The third kappa shape index (κ3) is 9.60. The molecule has 1 atom stereocenters. The Balaban J connectivity index is 1.74. The first kappa shape index (κ1) is 31.1. The second kappa shape index (κ2) is 13.8. The standard InChI is InChI=1S/C27H36F3IN6O2/c1-26(2,17-31)20-7-11-22(12-8-20)37(16-19-5-3-18(4-6-19)15-34-24(32)36-33)25(38)35-21-9-13-23(14-10-21)39-27(28,29)30/h3-6,9-10,13-14,20,22,25,33,35,38H,7-8,11-12,15-17H2,1-2H3,(H2,32,34). The van der Waals surface area contributed by atoms with Crippen molar-refractivity contribution in [1.82, 2.24) is 4.90 Å². The van der Waals surface area contributed by atoms with E-state index in [1.807, 2.05) is 29.2 Å². The van der Waals surface area contributed by atoms with E-state index in [2.05, 4.69) is 56.6 Å². The van der Waals surface area contributed by atoms with Crippen molar-refractivity contribution in [3.05, 3.63) is 59.7 Å². The Bertz CT molecular complexity index is 1090. The zero-order chi connectivity index (χ0) is 28.6. The summed E-state index contributed by atoms with van der Waals surface area (Å²) in [6.45, 7) is 5.40. The molecule has 5 N–H and O–H groups in total. The van der Waals surface area contributed by atoms with Crippen LogP contribution < -0.4 is 15.8 Å². The van der Waals surface area contributed by atoms with E-state index in [0.717, 1.165) is 41.2 Å². The molecule has 1 saturated carbocycles. The third-order valence-corrected chi connectivity index (χ3v) is 9.21. The predicted molar refractivity (Wildman–Crippen MR) is 154 cm³/mol. The molecule has 3 rings (SSSR count). The number of nitrogens with one attached hydrogen (secondary N) is 2. The maximum atomic E-state index is 12.5. The molecule has 0 radical (unpaired) electrons. The SMILES string of the molecule is CC(C)(CI)C1CCC(N(Cc2ccc(CN=C(N)N=N)cc2)C(O)Nc2ccc(OC(F)(F)F)cc2)CC1. The van der Waals surface area contributed by atoms with E-state index < -0.39 is 12.7 Å². The molecule has 0 bridgehead atoms. The Labute approximate surface area is 240 Å². The highest BCUT2D eigenvalue weighted by Crippen LogP contribution is 2.41. The Morgan fingerprint density at radius 1 is 1.10 bits per heavy atom. The second-order valence-corrected chi connectivity index (χ2v) is 11.3. The lowest BCUT2D eigenvalue weighted by atomic mass is 9.71. The highest BCUT2D eigenvalue weighted by molar-refractivity contribution is 14.1. The van der Waals surface area contributed by atoms with Gasteiger partial charge >= 0.3 is 6.36 Å². The monoisotopic (exact) mass is 660 g/mol. The summed E-state index contributed by atoms with van der Waals surface area (Å²) in [5.74, 6) is 0.207. The number of alkyl halides is 4. The molecule has 39 heavy (non-hydrogen) atoms. The maximum Gasteiger partial charge on any atom is 0.573 e. The zero-order valence-corrected chi connectivity index (χ0v) is 24.2. The van der Waals surface area contributed by atoms with Crippen molar-refractivity contribution in [3.63, 3.8) is 0 Å². The summed E-state index contributed by atoms with van der Waals surface area (Å²) in [4.78, 5) is 6.03. The summed E-state index contributed by atoms with van der Waals surface area (Å²) in [5, 5.41) is 17.4. The number of aliphatic hydroxyl groups excluding tert-OH is 1. The lowest BCUT2D eigenvalue weighted by Crippen LogP contribution is -2.48. The number of benzene rings is 2. The summed E-state index contributed by atoms with van der Waals surface area (Å²) in [6, 6.07) is 13.2. The number of nitrogens with two attached hydrogens (primary N) is 1. The van der Waals surface area contributed by atoms with Crippen molar-refractivity contribution in [1.29, 1.82) is 5.53 Å². The first-order chi connectivity index (χ1) is 18.4. The van der Waals surface area contributed by atoms with Gasteiger partial charge in [-0.15, -0.1) is 18.3 Å². The smallest absolute Gasteiger partial charge is 0.406 e. The van der Waals surface area contributed by atoms with Crippen LogP contribution >= 0.6 is 22.6 Å². The Morgan fingerprint density at radius 2 is 1.69 bits per heavy atom. The molecule has 2 aromatic rings. The van der Waals surface area contributed by atoms with Crippen LogP contribution in [0.2, 0.25) is 0 Å². The average Bonchev–Trinajstić information content (AvgIpc) is 2.91. The number of anilines is 1. The molecule has 0 spiro atoms. The normalized spacial score (nSPS) is 19.5. The van der Waals surface area contributed by atoms with Gasteiger partial charge in [-0.1, -0.05) is 60.7 Å². The molecule has 0 saturated heterocycles. The summed E-state index contributed by atoms with van der Waals surface area (Å²) in [6.07, 6.45) is -1.82. The number of aliphatic imine (C=N–C) groups is 1. The van der Waals surface area contributed by atoms with Crippen LogP contribution in [0.1, 0.15) is 50.7 Å². The molecular weight excluding hydrogens is 624 g/mol. The van der Waals surface area contributed by atoms with Gasteiger partial charge in [-0.3, -0.25) is 4.90 Å². The van der Waals surface area contributed by atoms with Crippen LogP contribution in [0.25, 0.3) is 0 Å². The molecule has 0 amide bonds. The minimum Gasteiger partial charge on any atom is -0.406 e. The van der Waals surface area contributed by atoms with Crippen LogP contribution in [-0.4, -0.2) is 39.1 Å². The molecule has 1 aliphatic carbocycles. The van der Waals surface area contributed by atoms with Crippen molar-refractivity contribution in [2.24, 2.45) is 27.2 Å². The number of ether oxygens (including phenoxy) is 1. The van der Waals surface area contributed by atoms with Crippen molar-refractivity contribution >= 4 is 34.2 Å². The Hall–Kier alpha value is -2.45. The van der Waals surface area contributed by atoms with Gasteiger partial charge in [-0.25, -0.2) is 10.5 Å². The van der Waals surface area contributed by atoms with Gasteiger partial charge in [0.15, 0.2) is 6.35 Å². The molecule has 1 unspecified atom stereocenters. The Kier molecular flexibility index (Phi) is 11.0. The summed E-state index contributed by atoms with van der Waals surface area (Å²) in [5.41, 5.74) is 15.0. The van der Waals surface area contributed by atoms with Gasteiger partial charge in [0.05, 0.1) is 6.54 Å². The first-order valence-corrected chi connectivity index (χ1v) is 14.3. The van der Waals surface area contributed by atoms with E-state index in [0.29, 0.717) is 24.7 Å². The van der Waals surface area contributed by atoms with E-state index in [1.54, 1.807) is 0 Å². The van der Waals surface area contributed by atoms with Gasteiger partial charge in [0.1, 0.15) is 5.75 Å². The number of hydrogen-bond donors (Lipinski definition) is 4. The average molecular weight is 661 g/mol. The van der Waals surface area contributed by atoms with E-state index >= 15 is 0 Å². The molecular formula is C27H36F3IN6O2. The van der Waals surface area contributed by atoms with E-state index in [4.69, 9.17) is 11.3 Å². The molecule has 1 fully saturated rings. The van der Waals surface area contributed by atoms with Gasteiger partial charge < -0.3 is 20.9 Å². The number of rotatable bonds is 11. The zero-order valence-electron chi connectivity index (χ0n) is 22.1. The molecule has 0 heterocycles. The van der Waals surface area contributed by atoms with Crippen LogP contribution in [0.15, 0.2) is 58.6 Å². The van der Waals surface area contributed by atoms with Crippen molar-refractivity contribution < 1.29 is 23.0 Å². The van der Waals surface area contributed by atoms with E-state index in [9.17, 15) is 18.3 Å². The highest BCUT2D eigenvalue weighted by atomic mass is 127. The molecule has 12 heteroatoms. The number of halogens is 4. The summed E-state index contributed by atoms with van der Waals surface area (Å²) >= 11 is 2.45. The summed E-state index contributed by atoms with van der Waals surface area (Å²) in [7, 11) is 0. The van der Waals surface area contributed by atoms with Crippen LogP contribution in [-0.2, 0) is 13.1 Å². The maximum absolute atomic E-state index is 12.5. The highest BCUT2D eigenvalue weighted by Gasteiger charge is 2.36. The van der Waals surface area contributed by atoms with Crippen molar-refractivity contribution in [3.8, 4) is 5.75 Å². The van der Waals surface area contributed by atoms with Gasteiger partial charge in [0.25, 0.3) is 0 Å². The first-order valence-electron chi connectivity index (χ1n) is 12.8. The summed E-state index contributed by atoms with van der Waals surface area (Å²) < 4.78 is 42.5. The van der Waals surface area contributed by atoms with Gasteiger partial charge in [-0.2, -0.15) is 0 Å². The largest absolute Gasteiger partial charge is 0.573 e. The van der Waals surface area contributed by atoms with Crippen LogP contribution in [0.3, 0.4) is 0 Å². The second-order valence-electron chi connectivity index (χ2n) is 10.5. The molecule has 0 aromatic heterocycles.